The normalized spacial score (nSPS) is 19.8. The predicted molar refractivity (Wildman–Crippen MR) is 97.3 cm³/mol. The zero-order chi connectivity index (χ0) is 18.0. The third-order valence-electron chi connectivity index (χ3n) is 5.74. The Morgan fingerprint density at radius 1 is 1.31 bits per heavy atom. The molecule has 7 heteroatoms. The number of aromatic nitrogens is 2. The number of carbonyl (C=O) groups is 1. The fourth-order valence-corrected chi connectivity index (χ4v) is 4.12. The fraction of sp³-hybridized carbons (Fsp3) is 0.579. The largest absolute Gasteiger partial charge is 0.396 e. The van der Waals surface area contributed by atoms with Gasteiger partial charge < -0.3 is 15.2 Å². The molecule has 3 heterocycles. The zero-order valence-corrected chi connectivity index (χ0v) is 15.0. The number of aliphatic hydroxyl groups excluding tert-OH is 1. The van der Waals surface area contributed by atoms with Crippen LogP contribution < -0.4 is 14.6 Å². The van der Waals surface area contributed by atoms with Gasteiger partial charge in [0.1, 0.15) is 0 Å². The van der Waals surface area contributed by atoms with Crippen molar-refractivity contribution in [3.8, 4) is 0 Å². The first-order valence-electron chi connectivity index (χ1n) is 9.47. The van der Waals surface area contributed by atoms with Crippen LogP contribution in [0.2, 0.25) is 0 Å². The number of ether oxygens (including phenoxy) is 1. The number of nitrogens with zero attached hydrogens (tertiary/aromatic N) is 2. The van der Waals surface area contributed by atoms with Gasteiger partial charge in [0, 0.05) is 12.0 Å². The molecule has 2 aromatic rings. The number of anilines is 1. The SMILES string of the molecule is O=C(NCC1(CO)CCCC1)c1[nH]c(N2CCOCC2)[n+]2ccccc12. The lowest BCUT2D eigenvalue weighted by atomic mass is 9.87. The number of amides is 1. The lowest BCUT2D eigenvalue weighted by molar-refractivity contribution is -0.497. The average Bonchev–Trinajstić information content (AvgIpc) is 3.32. The van der Waals surface area contributed by atoms with Gasteiger partial charge in [0.25, 0.3) is 5.91 Å². The third kappa shape index (κ3) is 3.17. The van der Waals surface area contributed by atoms with Crippen LogP contribution in [0.15, 0.2) is 24.4 Å². The van der Waals surface area contributed by atoms with E-state index in [1.807, 2.05) is 28.8 Å². The number of hydrogen-bond acceptors (Lipinski definition) is 4. The Bertz CT molecular complexity index is 776. The number of imidazole rings is 1. The highest BCUT2D eigenvalue weighted by molar-refractivity contribution is 5.98. The number of pyridine rings is 1. The predicted octanol–water partition coefficient (Wildman–Crippen LogP) is 0.873. The molecule has 0 atom stereocenters. The Hall–Kier alpha value is -2.12. The highest BCUT2D eigenvalue weighted by Gasteiger charge is 2.34. The molecule has 1 saturated heterocycles. The van der Waals surface area contributed by atoms with Gasteiger partial charge in [0.15, 0.2) is 5.52 Å². The Morgan fingerprint density at radius 2 is 2.08 bits per heavy atom. The van der Waals surface area contributed by atoms with Crippen LogP contribution in [0.4, 0.5) is 5.95 Å². The number of carbonyl (C=O) groups excluding carboxylic acids is 1. The fourth-order valence-electron chi connectivity index (χ4n) is 4.12. The standard InChI is InChI=1S/C19H26N4O3/c24-14-19(6-2-3-7-19)13-20-17(25)16-15-5-1-4-8-23(15)18(21-16)22-9-11-26-12-10-22/h1,4-5,8,24H,2-3,6-7,9-14H2,(H,20,25)/p+1. The molecule has 2 aromatic heterocycles. The second-order valence-electron chi connectivity index (χ2n) is 7.43. The van der Waals surface area contributed by atoms with E-state index in [4.69, 9.17) is 4.74 Å². The molecule has 140 valence electrons. The highest BCUT2D eigenvalue weighted by Crippen LogP contribution is 2.36. The minimum Gasteiger partial charge on any atom is -0.396 e. The lowest BCUT2D eigenvalue weighted by Crippen LogP contribution is -2.41. The maximum Gasteiger partial charge on any atom is 0.363 e. The van der Waals surface area contributed by atoms with Crippen LogP contribution in [0.5, 0.6) is 0 Å². The quantitative estimate of drug-likeness (QED) is 0.692. The molecule has 0 aromatic carbocycles. The van der Waals surface area contributed by atoms with Gasteiger partial charge in [-0.2, -0.15) is 0 Å². The number of morpholine rings is 1. The van der Waals surface area contributed by atoms with Crippen molar-refractivity contribution in [3.05, 3.63) is 30.1 Å². The molecule has 0 spiro atoms. The van der Waals surface area contributed by atoms with E-state index >= 15 is 0 Å². The summed E-state index contributed by atoms with van der Waals surface area (Å²) in [5, 5.41) is 12.8. The number of hydrogen-bond donors (Lipinski definition) is 3. The van der Waals surface area contributed by atoms with Gasteiger partial charge in [-0.05, 0) is 25.0 Å². The number of nitrogens with one attached hydrogen (secondary N) is 2. The van der Waals surface area contributed by atoms with Gasteiger partial charge in [-0.3, -0.25) is 9.69 Å². The third-order valence-corrected chi connectivity index (χ3v) is 5.74. The van der Waals surface area contributed by atoms with E-state index in [-0.39, 0.29) is 17.9 Å². The van der Waals surface area contributed by atoms with Gasteiger partial charge in [-0.25, -0.2) is 9.38 Å². The second kappa shape index (κ2) is 7.25. The summed E-state index contributed by atoms with van der Waals surface area (Å²) in [7, 11) is 0. The summed E-state index contributed by atoms with van der Waals surface area (Å²) in [6, 6.07) is 5.85. The zero-order valence-electron chi connectivity index (χ0n) is 15.0. The van der Waals surface area contributed by atoms with E-state index in [9.17, 15) is 9.90 Å². The first-order chi connectivity index (χ1) is 12.7. The van der Waals surface area contributed by atoms with Crippen molar-refractivity contribution in [2.75, 3.05) is 44.4 Å². The van der Waals surface area contributed by atoms with Crippen LogP contribution in [0.3, 0.4) is 0 Å². The van der Waals surface area contributed by atoms with Crippen LogP contribution in [-0.4, -0.2) is 55.5 Å². The maximum absolute atomic E-state index is 12.9. The Balaban J connectivity index is 1.58. The molecule has 2 fully saturated rings. The molecule has 7 nitrogen and oxygen atoms in total. The van der Waals surface area contributed by atoms with Crippen LogP contribution >= 0.6 is 0 Å². The summed E-state index contributed by atoms with van der Waals surface area (Å²) in [6.07, 6.45) is 6.17. The number of aliphatic hydroxyl groups is 1. The summed E-state index contributed by atoms with van der Waals surface area (Å²) < 4.78 is 7.46. The molecule has 1 saturated carbocycles. The molecule has 3 N–H and O–H groups in total. The highest BCUT2D eigenvalue weighted by atomic mass is 16.5. The van der Waals surface area contributed by atoms with Crippen LogP contribution in [0.1, 0.15) is 36.2 Å². The summed E-state index contributed by atoms with van der Waals surface area (Å²) in [5.74, 6) is 0.791. The molecular weight excluding hydrogens is 332 g/mol. The van der Waals surface area contributed by atoms with Gasteiger partial charge in [-0.1, -0.05) is 18.9 Å². The van der Waals surface area contributed by atoms with Crippen LogP contribution in [0, 0.1) is 5.41 Å². The molecule has 0 unspecified atom stereocenters. The van der Waals surface area contributed by atoms with Crippen molar-refractivity contribution in [2.24, 2.45) is 5.41 Å². The Labute approximate surface area is 153 Å². The molecular formula is C19H27N4O3+. The van der Waals surface area contributed by atoms with Crippen molar-refractivity contribution < 1.29 is 19.0 Å². The Kier molecular flexibility index (Phi) is 4.82. The van der Waals surface area contributed by atoms with Crippen LogP contribution in [0.25, 0.3) is 5.52 Å². The van der Waals surface area contributed by atoms with E-state index in [0.717, 1.165) is 50.2 Å². The number of rotatable bonds is 5. The molecule has 0 radical (unpaired) electrons. The Morgan fingerprint density at radius 3 is 2.81 bits per heavy atom. The monoisotopic (exact) mass is 359 g/mol. The number of fused-ring (bicyclic) bond motifs is 1. The summed E-state index contributed by atoms with van der Waals surface area (Å²) in [4.78, 5) is 18.4. The minimum absolute atomic E-state index is 0.118. The van der Waals surface area contributed by atoms with Crippen molar-refractivity contribution in [2.45, 2.75) is 25.7 Å². The van der Waals surface area contributed by atoms with Gasteiger partial charge in [-0.15, -0.1) is 0 Å². The van der Waals surface area contributed by atoms with Crippen molar-refractivity contribution in [1.29, 1.82) is 0 Å². The van der Waals surface area contributed by atoms with Crippen LogP contribution in [-0.2, 0) is 4.74 Å². The smallest absolute Gasteiger partial charge is 0.363 e. The molecule has 2 aliphatic rings. The molecule has 26 heavy (non-hydrogen) atoms. The summed E-state index contributed by atoms with van der Waals surface area (Å²) >= 11 is 0. The average molecular weight is 359 g/mol. The first-order valence-corrected chi connectivity index (χ1v) is 9.47. The van der Waals surface area contributed by atoms with Gasteiger partial charge in [0.05, 0.1) is 39.1 Å². The van der Waals surface area contributed by atoms with Gasteiger partial charge in [0.2, 0.25) is 5.69 Å². The van der Waals surface area contributed by atoms with Crippen molar-refractivity contribution >= 4 is 17.4 Å². The minimum atomic E-state index is -0.155. The first kappa shape index (κ1) is 17.3. The van der Waals surface area contributed by atoms with E-state index in [1.165, 1.54) is 0 Å². The molecule has 1 aliphatic carbocycles. The van der Waals surface area contributed by atoms with Crippen molar-refractivity contribution in [3.63, 3.8) is 0 Å². The van der Waals surface area contributed by atoms with E-state index in [0.29, 0.717) is 25.5 Å². The molecule has 1 aliphatic heterocycles. The summed E-state index contributed by atoms with van der Waals surface area (Å²) in [5.41, 5.74) is 1.27. The molecule has 0 bridgehead atoms. The van der Waals surface area contributed by atoms with E-state index < -0.39 is 0 Å². The van der Waals surface area contributed by atoms with E-state index in [2.05, 4.69) is 15.2 Å². The lowest BCUT2D eigenvalue weighted by Gasteiger charge is -2.26. The van der Waals surface area contributed by atoms with Gasteiger partial charge >= 0.3 is 5.95 Å². The molecule has 4 rings (SSSR count). The van der Waals surface area contributed by atoms with E-state index in [1.54, 1.807) is 0 Å². The number of H-pyrrole nitrogens is 1. The van der Waals surface area contributed by atoms with Crippen molar-refractivity contribution in [1.82, 2.24) is 10.3 Å². The topological polar surface area (TPSA) is 81.7 Å². The summed E-state index contributed by atoms with van der Waals surface area (Å²) in [6.45, 7) is 3.63. The maximum atomic E-state index is 12.9. The second-order valence-corrected chi connectivity index (χ2v) is 7.43. The molecule has 1 amide bonds. The number of aromatic amines is 1.